The normalized spacial score (nSPS) is 21.9. The Morgan fingerprint density at radius 3 is 1.08 bits per heavy atom. The number of anilines is 4. The molecule has 0 N–H and O–H groups in total. The van der Waals surface area contributed by atoms with Crippen molar-refractivity contribution in [1.29, 1.82) is 0 Å². The first-order valence-corrected chi connectivity index (χ1v) is 41.6. The van der Waals surface area contributed by atoms with Crippen molar-refractivity contribution in [2.45, 2.75) is 77.0 Å². The van der Waals surface area contributed by atoms with Gasteiger partial charge in [0.15, 0.2) is 0 Å². The number of fused-ring (bicyclic) bond motifs is 16. The monoisotopic (exact) mass is 2050 g/mol. The average molecular weight is 2050 g/mol. The van der Waals surface area contributed by atoms with E-state index >= 15 is 0 Å². The summed E-state index contributed by atoms with van der Waals surface area (Å²) in [6, 6.07) is 45.0. The van der Waals surface area contributed by atoms with Crippen LogP contribution in [0.4, 0.5) is 22.7 Å². The van der Waals surface area contributed by atoms with E-state index in [4.69, 9.17) is 60.6 Å². The molecule has 632 valence electrons. The van der Waals surface area contributed by atoms with Crippen LogP contribution in [0.3, 0.4) is 0 Å². The van der Waals surface area contributed by atoms with Gasteiger partial charge in [0.2, 0.25) is 0 Å². The van der Waals surface area contributed by atoms with Gasteiger partial charge in [0.05, 0.1) is 41.1 Å². The van der Waals surface area contributed by atoms with Crippen LogP contribution >= 0.6 is 0 Å². The smallest absolute Gasteiger partial charge is 0.135 e. The van der Waals surface area contributed by atoms with Crippen molar-refractivity contribution in [3.63, 3.8) is 0 Å². The molecule has 2 aliphatic heterocycles. The predicted octanol–water partition coefficient (Wildman–Crippen LogP) is 27.8. The fraction of sp³-hybridized carbons (Fsp3) is 0.138. The SMILES string of the molecule is [2H]c1c([2H])c([2H])c(-c2cnc(-n3c4[c-]c(Oc5[c-]c(N6[CH-]N(c7c(-c8c([2H])c([2H])c([2H])c([2H])c8[2H])cccc7-c7c([2H])c([2H])c([2H])c([2H])c7[2H])C7C8C=C[C@H](C8)[C@@H]76)cc(C(C)(C)C)c5)ccc4c4ccccc43)cc2C)c([2H])c1[2H].[2H]c1c([2H])c([2H])c(-c2cnc(-n3c4[c-]c(Oc5[c-]c(N6[CH-]N(c7c(-c8c([2H])c([2H])c([2H])c([2H])c8[2H])cccc7-c7c([2H])c([2H])c([2H])c([2H])c7[2H])C7C8C=C[C@H](C8)[C@@H]76)ccc5)ccc4c4ccccc43)cc2C)c([2H])c1[2H].[Pt].[Pt]. The quantitative estimate of drug-likeness (QED) is 0.0700. The zero-order chi connectivity index (χ0) is 110. The van der Waals surface area contributed by atoms with Gasteiger partial charge in [0.1, 0.15) is 11.6 Å². The van der Waals surface area contributed by atoms with Gasteiger partial charge in [-0.2, -0.15) is 37.6 Å². The van der Waals surface area contributed by atoms with Crippen LogP contribution in [0.5, 0.6) is 23.0 Å². The second kappa shape index (κ2) is 33.8. The van der Waals surface area contributed by atoms with Gasteiger partial charge in [0, 0.05) is 157 Å². The summed E-state index contributed by atoms with van der Waals surface area (Å²) in [5.74, 6) is 2.50. The standard InChI is InChI=1S/C60H49N4O.C56H41N4O.2Pt/c1-39-31-56(61-37-53(39)42-21-12-7-13-22-42)64-54-26-15-14-23-51(54)52-30-29-47(36-55(52)64)65-48-34-45(60(2,3)4)33-46(35-48)62-38-63(58-44-28-27-43(32-44)57(58)62)59-49(40-17-8-5-9-18-40)24-16-25-50(59)41-19-10-6-11-20-41;1-37-31-53(57-35-50(37)40-19-9-4-10-20-40)60-51-26-12-11-23-48(51)49-30-29-45(34-52(49)60)61-44-22-13-21-43(33-44)58-36-59(55-42-28-27-41(32-42)54(55)58)56-46(38-15-5-2-6-16-38)24-14-25-47(56)39-17-7-3-8-18-39;;/h5-31,33-34,37-38,43-44,57-58H,32H2,1-4H3;2-31,35-36,41-42,54-55H,32H2,1H3;;/q2*-3;;/t43-,44?,57+,58?;41-,42?,54+,55?;;/m11../s1/i5D,6D,7D,8D,9D,10D,11D,12D,13D,17D,18D,19D,20D,21D,22D;2D,3D,4D,5D,6D,7D,8D,9D,10D,15D,16D,17D,18D,19D,20D;;. The minimum absolute atomic E-state index is 0. The number of rotatable bonds is 16. The number of aryl methyl sites for hydroxylation is 2. The maximum absolute atomic E-state index is 9.17. The zero-order valence-electron chi connectivity index (χ0n) is 99.1. The average Bonchev–Trinajstić information content (AvgIpc) is 1.54. The van der Waals surface area contributed by atoms with Crippen LogP contribution < -0.4 is 29.1 Å². The third-order valence-electron chi connectivity index (χ3n) is 25.0. The van der Waals surface area contributed by atoms with Gasteiger partial charge in [-0.1, -0.05) is 310 Å². The summed E-state index contributed by atoms with van der Waals surface area (Å²) >= 11 is 0. The molecular formula is C116H90N8O2Pt2-6. The van der Waals surface area contributed by atoms with Gasteiger partial charge in [-0.15, -0.1) is 82.3 Å². The molecule has 8 atom stereocenters. The molecule has 4 unspecified atom stereocenters. The molecule has 4 aromatic heterocycles. The summed E-state index contributed by atoms with van der Waals surface area (Å²) in [4.78, 5) is 17.8. The van der Waals surface area contributed by atoms with Crippen LogP contribution in [0.2, 0.25) is 0 Å². The van der Waals surface area contributed by atoms with E-state index in [-0.39, 0.29) is 170 Å². The van der Waals surface area contributed by atoms with Crippen molar-refractivity contribution < 1.29 is 92.7 Å². The summed E-state index contributed by atoms with van der Waals surface area (Å²) < 4.78 is 277. The minimum Gasteiger partial charge on any atom is -0.519 e. The van der Waals surface area contributed by atoms with Crippen LogP contribution in [0.25, 0.3) is 122 Å². The first-order chi connectivity index (χ1) is 74.3. The van der Waals surface area contributed by atoms with Crippen molar-refractivity contribution >= 4 is 66.4 Å². The van der Waals surface area contributed by atoms with E-state index in [9.17, 15) is 0 Å². The molecule has 10 nitrogen and oxygen atoms in total. The van der Waals surface area contributed by atoms with Gasteiger partial charge in [-0.05, 0) is 135 Å². The second-order valence-corrected chi connectivity index (χ2v) is 33.2. The molecule has 0 amide bonds. The van der Waals surface area contributed by atoms with Crippen LogP contribution in [0.15, 0.2) is 370 Å². The Kier molecular flexibility index (Phi) is 14.4. The van der Waals surface area contributed by atoms with E-state index < -0.39 is 163 Å². The predicted molar refractivity (Wildman–Crippen MR) is 514 cm³/mol. The topological polar surface area (TPSA) is 67.1 Å². The van der Waals surface area contributed by atoms with Crippen molar-refractivity contribution in [1.82, 2.24) is 19.1 Å². The van der Waals surface area contributed by atoms with Gasteiger partial charge in [0.25, 0.3) is 0 Å². The summed E-state index contributed by atoms with van der Waals surface area (Å²) in [5.41, 5.74) is 8.09. The van der Waals surface area contributed by atoms with Gasteiger partial charge < -0.3 is 38.2 Å². The van der Waals surface area contributed by atoms with Crippen LogP contribution in [-0.2, 0) is 47.5 Å². The molecule has 2 saturated heterocycles. The summed E-state index contributed by atoms with van der Waals surface area (Å²) in [5, 5.41) is 3.58. The molecule has 2 saturated carbocycles. The third-order valence-corrected chi connectivity index (χ3v) is 25.0. The van der Waals surface area contributed by atoms with Crippen molar-refractivity contribution in [3.8, 4) is 101 Å². The maximum atomic E-state index is 9.17. The molecule has 0 spiro atoms. The number of ether oxygens (including phenoxy) is 2. The second-order valence-electron chi connectivity index (χ2n) is 33.2. The Morgan fingerprint density at radius 1 is 0.344 bits per heavy atom. The number of aromatic nitrogens is 4. The van der Waals surface area contributed by atoms with Gasteiger partial charge in [-0.3, -0.25) is 0 Å². The molecule has 18 aromatic rings. The van der Waals surface area contributed by atoms with Crippen LogP contribution in [-0.4, -0.2) is 43.3 Å². The van der Waals surface area contributed by atoms with E-state index in [1.165, 1.54) is 12.4 Å². The molecule has 0 radical (unpaired) electrons. The summed E-state index contributed by atoms with van der Waals surface area (Å²) in [7, 11) is 0. The van der Waals surface area contributed by atoms with Crippen LogP contribution in [0, 0.1) is 75.1 Å². The summed E-state index contributed by atoms with van der Waals surface area (Å²) in [6.07, 6.45) is 13.3. The fourth-order valence-electron chi connectivity index (χ4n) is 19.4. The Morgan fingerprint density at radius 2 is 0.688 bits per heavy atom. The van der Waals surface area contributed by atoms with Crippen LogP contribution in [0.1, 0.15) is 91.4 Å². The largest absolute Gasteiger partial charge is 0.519 e. The Balaban J connectivity index is 0.000000180. The Labute approximate surface area is 819 Å². The number of hydrogen-bond acceptors (Lipinski definition) is 8. The molecule has 4 bridgehead atoms. The number of pyridine rings is 2. The molecule has 6 aliphatic rings. The minimum atomic E-state index is -0.564. The van der Waals surface area contributed by atoms with Crippen molar-refractivity contribution in [2.75, 3.05) is 19.6 Å². The molecule has 4 fully saturated rings. The van der Waals surface area contributed by atoms with E-state index in [1.54, 1.807) is 49.4 Å². The van der Waals surface area contributed by atoms with Gasteiger partial charge in [-0.25, -0.2) is 9.97 Å². The zero-order valence-corrected chi connectivity index (χ0v) is 73.7. The molecular weight excluding hydrogens is 1930 g/mol. The fourth-order valence-corrected chi connectivity index (χ4v) is 19.4. The molecule has 24 rings (SSSR count). The number of hydrogen-bond donors (Lipinski definition) is 0. The first-order valence-electron chi connectivity index (χ1n) is 56.6. The van der Waals surface area contributed by atoms with Crippen molar-refractivity contribution in [2.24, 2.45) is 23.7 Å². The molecule has 12 heteroatoms. The Hall–Kier alpha value is -13.4. The van der Waals surface area contributed by atoms with E-state index in [0.29, 0.717) is 90.7 Å². The van der Waals surface area contributed by atoms with E-state index in [2.05, 4.69) is 85.2 Å². The van der Waals surface area contributed by atoms with Gasteiger partial charge >= 0.3 is 0 Å². The number of nitrogens with zero attached hydrogens (tertiary/aromatic N) is 8. The number of benzene rings is 14. The van der Waals surface area contributed by atoms with E-state index in [1.807, 2.05) is 142 Å². The molecule has 6 heterocycles. The van der Waals surface area contributed by atoms with Crippen molar-refractivity contribution in [3.05, 3.63) is 424 Å². The van der Waals surface area contributed by atoms with E-state index in [0.717, 1.165) is 51.0 Å². The molecule has 128 heavy (non-hydrogen) atoms. The maximum Gasteiger partial charge on any atom is 0.135 e. The molecule has 4 aliphatic carbocycles. The summed E-state index contributed by atoms with van der Waals surface area (Å²) in [6.45, 7) is 13.7. The first kappa shape index (κ1) is 54.6. The molecule has 14 aromatic carbocycles. The Bertz CT molecular complexity index is 8930. The third kappa shape index (κ3) is 14.5. The number of para-hydroxylation sites is 4.